The third-order valence-electron chi connectivity index (χ3n) is 2.74. The summed E-state index contributed by atoms with van der Waals surface area (Å²) in [5.74, 6) is 0.657. The molecule has 0 amide bonds. The third-order valence-corrected chi connectivity index (χ3v) is 3.49. The molecule has 7 heteroatoms. The fraction of sp³-hybridized carbons (Fsp3) is 0.0769. The number of hydrogen-bond acceptors (Lipinski definition) is 6. The van der Waals surface area contributed by atoms with Gasteiger partial charge >= 0.3 is 0 Å². The lowest BCUT2D eigenvalue weighted by molar-refractivity contribution is 0.416. The van der Waals surface area contributed by atoms with Crippen LogP contribution >= 0.6 is 11.3 Å². The molecule has 3 aromatic rings. The molecule has 0 fully saturated rings. The van der Waals surface area contributed by atoms with Crippen molar-refractivity contribution in [2.75, 3.05) is 7.11 Å². The molecule has 2 aromatic heterocycles. The number of nitrogens with zero attached hydrogens (tertiary/aromatic N) is 5. The predicted molar refractivity (Wildman–Crippen MR) is 73.7 cm³/mol. The average molecular weight is 283 g/mol. The summed E-state index contributed by atoms with van der Waals surface area (Å²) in [7, 11) is 1.59. The summed E-state index contributed by atoms with van der Waals surface area (Å²) in [6, 6.07) is 9.49. The van der Waals surface area contributed by atoms with Crippen LogP contribution in [0.4, 0.5) is 0 Å². The zero-order valence-corrected chi connectivity index (χ0v) is 11.3. The van der Waals surface area contributed by atoms with E-state index in [4.69, 9.17) is 4.74 Å². The highest BCUT2D eigenvalue weighted by atomic mass is 32.1. The quantitative estimate of drug-likeness (QED) is 0.737. The Labute approximate surface area is 118 Å². The van der Waals surface area contributed by atoms with Crippen LogP contribution in [0.1, 0.15) is 5.69 Å². The molecule has 0 spiro atoms. The first-order valence-corrected chi connectivity index (χ1v) is 6.62. The molecule has 98 valence electrons. The van der Waals surface area contributed by atoms with Gasteiger partial charge in [-0.15, -0.1) is 16.4 Å². The van der Waals surface area contributed by atoms with E-state index < -0.39 is 0 Å². The van der Waals surface area contributed by atoms with Gasteiger partial charge in [0.25, 0.3) is 0 Å². The lowest BCUT2D eigenvalue weighted by Gasteiger charge is -2.08. The SMILES string of the molecule is COc1ccccc1-c1c(C#N)nnn1-c1nccs1. The number of methoxy groups -OCH3 is 1. The zero-order valence-electron chi connectivity index (χ0n) is 10.5. The predicted octanol–water partition coefficient (Wildman–Crippen LogP) is 2.27. The van der Waals surface area contributed by atoms with E-state index in [1.807, 2.05) is 29.6 Å². The van der Waals surface area contributed by atoms with Crippen molar-refractivity contribution in [3.63, 3.8) is 0 Å². The maximum Gasteiger partial charge on any atom is 0.212 e. The summed E-state index contributed by atoms with van der Waals surface area (Å²) in [6.45, 7) is 0. The van der Waals surface area contributed by atoms with Gasteiger partial charge in [-0.1, -0.05) is 17.3 Å². The van der Waals surface area contributed by atoms with E-state index in [0.29, 0.717) is 16.6 Å². The first kappa shape index (κ1) is 12.3. The van der Waals surface area contributed by atoms with E-state index in [9.17, 15) is 5.26 Å². The minimum atomic E-state index is 0.240. The minimum Gasteiger partial charge on any atom is -0.496 e. The highest BCUT2D eigenvalue weighted by molar-refractivity contribution is 7.12. The van der Waals surface area contributed by atoms with Crippen molar-refractivity contribution >= 4 is 11.3 Å². The Kier molecular flexibility index (Phi) is 3.15. The van der Waals surface area contributed by atoms with E-state index in [1.165, 1.54) is 11.3 Å². The summed E-state index contributed by atoms with van der Waals surface area (Å²) in [5.41, 5.74) is 1.58. The summed E-state index contributed by atoms with van der Waals surface area (Å²) in [5, 5.41) is 19.6. The van der Waals surface area contributed by atoms with Crippen molar-refractivity contribution in [3.05, 3.63) is 41.5 Å². The summed E-state index contributed by atoms with van der Waals surface area (Å²) in [4.78, 5) is 4.20. The largest absolute Gasteiger partial charge is 0.496 e. The van der Waals surface area contributed by atoms with Crippen LogP contribution in [0.5, 0.6) is 5.75 Å². The highest BCUT2D eigenvalue weighted by Gasteiger charge is 2.20. The molecule has 2 heterocycles. The van der Waals surface area contributed by atoms with Crippen LogP contribution in [0.15, 0.2) is 35.8 Å². The molecule has 0 aliphatic rings. The second-order valence-electron chi connectivity index (χ2n) is 3.83. The number of ether oxygens (including phenoxy) is 1. The molecule has 6 nitrogen and oxygen atoms in total. The number of benzene rings is 1. The summed E-state index contributed by atoms with van der Waals surface area (Å²) >= 11 is 1.42. The second-order valence-corrected chi connectivity index (χ2v) is 4.70. The maximum atomic E-state index is 9.23. The van der Waals surface area contributed by atoms with Crippen LogP contribution in [0, 0.1) is 11.3 Å². The van der Waals surface area contributed by atoms with E-state index in [-0.39, 0.29) is 5.69 Å². The van der Waals surface area contributed by atoms with Crippen molar-refractivity contribution in [2.45, 2.75) is 0 Å². The molecule has 0 saturated heterocycles. The third kappa shape index (κ3) is 1.92. The Bertz CT molecular complexity index is 772. The normalized spacial score (nSPS) is 10.2. The summed E-state index contributed by atoms with van der Waals surface area (Å²) in [6.07, 6.45) is 1.68. The van der Waals surface area contributed by atoms with Crippen molar-refractivity contribution < 1.29 is 4.74 Å². The maximum absolute atomic E-state index is 9.23. The van der Waals surface area contributed by atoms with Crippen molar-refractivity contribution in [1.29, 1.82) is 5.26 Å². The van der Waals surface area contributed by atoms with Crippen LogP contribution in [0.25, 0.3) is 16.4 Å². The fourth-order valence-electron chi connectivity index (χ4n) is 1.89. The van der Waals surface area contributed by atoms with Crippen LogP contribution in [0.3, 0.4) is 0 Å². The molecule has 0 aliphatic carbocycles. The Balaban J connectivity index is 2.27. The van der Waals surface area contributed by atoms with Gasteiger partial charge in [-0.05, 0) is 12.1 Å². The molecular weight excluding hydrogens is 274 g/mol. The zero-order chi connectivity index (χ0) is 13.9. The lowest BCUT2D eigenvalue weighted by Crippen LogP contribution is -2.00. The van der Waals surface area contributed by atoms with Gasteiger partial charge in [0.1, 0.15) is 17.5 Å². The van der Waals surface area contributed by atoms with E-state index >= 15 is 0 Å². The average Bonchev–Trinajstić information content (AvgIpc) is 3.15. The van der Waals surface area contributed by atoms with Crippen molar-refractivity contribution in [2.24, 2.45) is 0 Å². The number of aromatic nitrogens is 4. The Morgan fingerprint density at radius 3 is 2.90 bits per heavy atom. The van der Waals surface area contributed by atoms with Crippen LogP contribution in [0.2, 0.25) is 0 Å². The monoisotopic (exact) mass is 283 g/mol. The summed E-state index contributed by atoms with van der Waals surface area (Å²) < 4.78 is 6.90. The van der Waals surface area contributed by atoms with E-state index in [1.54, 1.807) is 18.0 Å². The lowest BCUT2D eigenvalue weighted by atomic mass is 10.1. The van der Waals surface area contributed by atoms with Gasteiger partial charge in [0.2, 0.25) is 5.13 Å². The van der Waals surface area contributed by atoms with Gasteiger partial charge in [-0.2, -0.15) is 9.94 Å². The number of rotatable bonds is 3. The number of thiazole rings is 1. The first-order valence-electron chi connectivity index (χ1n) is 5.74. The Morgan fingerprint density at radius 2 is 2.20 bits per heavy atom. The molecule has 3 rings (SSSR count). The first-order chi connectivity index (χ1) is 9.85. The van der Waals surface area contributed by atoms with Crippen LogP contribution < -0.4 is 4.74 Å². The van der Waals surface area contributed by atoms with Gasteiger partial charge in [0.05, 0.1) is 7.11 Å². The van der Waals surface area contributed by atoms with Gasteiger partial charge in [-0.3, -0.25) is 0 Å². The van der Waals surface area contributed by atoms with Gasteiger partial charge in [-0.25, -0.2) is 4.98 Å². The van der Waals surface area contributed by atoms with Crippen molar-refractivity contribution in [1.82, 2.24) is 20.0 Å². The standard InChI is InChI=1S/C13H9N5OS/c1-19-11-5-3-2-4-9(11)12-10(8-14)16-17-18(12)13-15-6-7-20-13/h2-7H,1H3. The molecule has 1 aromatic carbocycles. The van der Waals surface area contributed by atoms with E-state index in [0.717, 1.165) is 5.56 Å². The highest BCUT2D eigenvalue weighted by Crippen LogP contribution is 2.32. The fourth-order valence-corrected chi connectivity index (χ4v) is 2.49. The Morgan fingerprint density at radius 1 is 1.35 bits per heavy atom. The molecule has 0 bridgehead atoms. The minimum absolute atomic E-state index is 0.240. The number of hydrogen-bond donors (Lipinski definition) is 0. The number of para-hydroxylation sites is 1. The Hall–Kier alpha value is -2.72. The molecule has 0 atom stereocenters. The molecule has 20 heavy (non-hydrogen) atoms. The molecule has 0 radical (unpaired) electrons. The molecule has 0 N–H and O–H groups in total. The smallest absolute Gasteiger partial charge is 0.212 e. The molecule has 0 unspecified atom stereocenters. The van der Waals surface area contributed by atoms with Gasteiger partial charge in [0, 0.05) is 17.1 Å². The van der Waals surface area contributed by atoms with Crippen molar-refractivity contribution in [3.8, 4) is 28.2 Å². The molecule has 0 aliphatic heterocycles. The second kappa shape index (κ2) is 5.11. The van der Waals surface area contributed by atoms with Crippen LogP contribution in [-0.2, 0) is 0 Å². The van der Waals surface area contributed by atoms with Crippen LogP contribution in [-0.4, -0.2) is 27.1 Å². The molecular formula is C13H9N5OS. The number of nitriles is 1. The van der Waals surface area contributed by atoms with Gasteiger partial charge in [0.15, 0.2) is 5.69 Å². The van der Waals surface area contributed by atoms with Gasteiger partial charge < -0.3 is 4.74 Å². The van der Waals surface area contributed by atoms with E-state index in [2.05, 4.69) is 21.4 Å². The topological polar surface area (TPSA) is 76.6 Å². The molecule has 0 saturated carbocycles.